The lowest BCUT2D eigenvalue weighted by Gasteiger charge is -2.31. The molecule has 154 valence electrons. The van der Waals surface area contributed by atoms with Crippen LogP contribution in [-0.2, 0) is 6.54 Å². The van der Waals surface area contributed by atoms with Crippen LogP contribution in [0.15, 0.2) is 23.9 Å². The maximum absolute atomic E-state index is 14.4. The van der Waals surface area contributed by atoms with Crippen molar-refractivity contribution < 1.29 is 19.2 Å². The Labute approximate surface area is 167 Å². The van der Waals surface area contributed by atoms with Gasteiger partial charge in [0.25, 0.3) is 0 Å². The molecule has 2 fully saturated rings. The summed E-state index contributed by atoms with van der Waals surface area (Å²) >= 11 is 0. The number of allylic oxidation sites excluding steroid dienone is 1. The van der Waals surface area contributed by atoms with Crippen LogP contribution in [0.25, 0.3) is 17.0 Å². The van der Waals surface area contributed by atoms with Crippen molar-refractivity contribution in [2.24, 2.45) is 5.92 Å². The van der Waals surface area contributed by atoms with Crippen molar-refractivity contribution in [2.45, 2.75) is 45.1 Å². The van der Waals surface area contributed by atoms with E-state index in [1.165, 1.54) is 17.9 Å². The summed E-state index contributed by atoms with van der Waals surface area (Å²) in [6.45, 7) is 3.07. The van der Waals surface area contributed by atoms with Gasteiger partial charge >= 0.3 is 6.09 Å². The predicted octanol–water partition coefficient (Wildman–Crippen LogP) is 4.69. The summed E-state index contributed by atoms with van der Waals surface area (Å²) in [4.78, 5) is 23.3. The highest BCUT2D eigenvalue weighted by Crippen LogP contribution is 2.39. The molecule has 8 heteroatoms. The van der Waals surface area contributed by atoms with Crippen LogP contribution < -0.4 is 0 Å². The highest BCUT2D eigenvalue weighted by Gasteiger charge is 2.29. The number of aromatic nitrogens is 1. The van der Waals surface area contributed by atoms with Gasteiger partial charge in [0.2, 0.25) is 5.70 Å². The van der Waals surface area contributed by atoms with Gasteiger partial charge in [-0.2, -0.15) is 0 Å². The number of benzene rings is 1. The highest BCUT2D eigenvalue weighted by molar-refractivity contribution is 5.87. The molecule has 1 saturated carbocycles. The van der Waals surface area contributed by atoms with Crippen LogP contribution in [0.3, 0.4) is 0 Å². The van der Waals surface area contributed by atoms with Crippen LogP contribution in [-0.4, -0.2) is 38.7 Å². The van der Waals surface area contributed by atoms with E-state index in [0.29, 0.717) is 31.8 Å². The summed E-state index contributed by atoms with van der Waals surface area (Å²) in [6, 6.07) is 4.86. The molecule has 1 saturated heterocycles. The molecule has 1 aliphatic carbocycles. The van der Waals surface area contributed by atoms with E-state index in [2.05, 4.69) is 4.57 Å². The van der Waals surface area contributed by atoms with E-state index in [0.717, 1.165) is 41.5 Å². The molecule has 29 heavy (non-hydrogen) atoms. The molecule has 0 atom stereocenters. The number of halogens is 1. The minimum atomic E-state index is -0.923. The number of rotatable bonds is 5. The molecule has 1 aromatic heterocycles. The van der Waals surface area contributed by atoms with Crippen molar-refractivity contribution in [3.05, 3.63) is 51.1 Å². The van der Waals surface area contributed by atoms with E-state index in [4.69, 9.17) is 0 Å². The Kier molecular flexibility index (Phi) is 5.02. The normalized spacial score (nSPS) is 18.4. The van der Waals surface area contributed by atoms with Crippen LogP contribution in [0.1, 0.15) is 49.8 Å². The number of amides is 1. The van der Waals surface area contributed by atoms with Crippen LogP contribution in [0.4, 0.5) is 9.18 Å². The second-order valence-electron chi connectivity index (χ2n) is 8.14. The number of carboxylic acid groups (broad SMARTS) is 1. The molecule has 2 aromatic rings. The molecule has 1 N–H and O–H groups in total. The van der Waals surface area contributed by atoms with Gasteiger partial charge in [-0.15, -0.1) is 0 Å². The van der Waals surface area contributed by atoms with Gasteiger partial charge in [-0.1, -0.05) is 0 Å². The SMILES string of the molecule is CC(=Cc1cc2cc(F)cc(C3CCN(C(=O)O)CC3)c2n1CC1CC1)[N+](=O)[O-]. The quantitative estimate of drug-likeness (QED) is 0.582. The Morgan fingerprint density at radius 1 is 1.28 bits per heavy atom. The number of nitro groups is 1. The first kappa shape index (κ1) is 19.4. The van der Waals surface area contributed by atoms with E-state index in [1.54, 1.807) is 12.1 Å². The van der Waals surface area contributed by atoms with E-state index >= 15 is 0 Å². The number of carbonyl (C=O) groups is 1. The average molecular weight is 401 g/mol. The summed E-state index contributed by atoms with van der Waals surface area (Å²) in [6.07, 6.45) is 4.16. The molecular formula is C21H24FN3O4. The number of hydrogen-bond donors (Lipinski definition) is 1. The van der Waals surface area contributed by atoms with Crippen molar-refractivity contribution in [3.8, 4) is 0 Å². The first-order valence-corrected chi connectivity index (χ1v) is 9.96. The third-order valence-electron chi connectivity index (χ3n) is 6.01. The summed E-state index contributed by atoms with van der Waals surface area (Å²) in [7, 11) is 0. The Hall–Kier alpha value is -2.90. The molecule has 4 rings (SSSR count). The molecule has 2 aliphatic rings. The lowest BCUT2D eigenvalue weighted by Crippen LogP contribution is -2.36. The van der Waals surface area contributed by atoms with Gasteiger partial charge in [0, 0.05) is 43.7 Å². The summed E-state index contributed by atoms with van der Waals surface area (Å²) in [5.74, 6) is 0.267. The fourth-order valence-electron chi connectivity index (χ4n) is 4.26. The third-order valence-corrected chi connectivity index (χ3v) is 6.01. The van der Waals surface area contributed by atoms with Crippen molar-refractivity contribution in [3.63, 3.8) is 0 Å². The number of fused-ring (bicyclic) bond motifs is 1. The minimum Gasteiger partial charge on any atom is -0.465 e. The zero-order chi connectivity index (χ0) is 20.7. The molecule has 2 heterocycles. The van der Waals surface area contributed by atoms with Crippen LogP contribution in [0.2, 0.25) is 0 Å². The summed E-state index contributed by atoms with van der Waals surface area (Å²) in [5, 5.41) is 21.1. The van der Waals surface area contributed by atoms with Crippen LogP contribution in [0.5, 0.6) is 0 Å². The largest absolute Gasteiger partial charge is 0.465 e. The molecule has 1 amide bonds. The van der Waals surface area contributed by atoms with Gasteiger partial charge in [0.05, 0.1) is 10.4 Å². The molecule has 1 aliphatic heterocycles. The Bertz CT molecular complexity index is 1000. The topological polar surface area (TPSA) is 88.6 Å². The predicted molar refractivity (Wildman–Crippen MR) is 107 cm³/mol. The van der Waals surface area contributed by atoms with Gasteiger partial charge in [0.15, 0.2) is 0 Å². The van der Waals surface area contributed by atoms with Gasteiger partial charge in [0.1, 0.15) is 5.82 Å². The number of hydrogen-bond acceptors (Lipinski definition) is 3. The second-order valence-corrected chi connectivity index (χ2v) is 8.14. The van der Waals surface area contributed by atoms with Gasteiger partial charge in [-0.3, -0.25) is 10.1 Å². The van der Waals surface area contributed by atoms with Crippen molar-refractivity contribution in [1.29, 1.82) is 0 Å². The monoisotopic (exact) mass is 401 g/mol. The van der Waals surface area contributed by atoms with Gasteiger partial charge < -0.3 is 14.6 Å². The molecule has 1 aromatic carbocycles. The van der Waals surface area contributed by atoms with Crippen molar-refractivity contribution >= 4 is 23.1 Å². The minimum absolute atomic E-state index is 0.0432. The Morgan fingerprint density at radius 3 is 2.55 bits per heavy atom. The number of nitrogens with zero attached hydrogens (tertiary/aromatic N) is 3. The zero-order valence-electron chi connectivity index (χ0n) is 16.3. The van der Waals surface area contributed by atoms with E-state index in [-0.39, 0.29) is 17.4 Å². The molecule has 7 nitrogen and oxygen atoms in total. The third kappa shape index (κ3) is 3.97. The maximum atomic E-state index is 14.4. The highest BCUT2D eigenvalue weighted by atomic mass is 19.1. The average Bonchev–Trinajstić information content (AvgIpc) is 3.43. The Morgan fingerprint density at radius 2 is 1.97 bits per heavy atom. The molecule has 0 bridgehead atoms. The van der Waals surface area contributed by atoms with Gasteiger partial charge in [-0.05, 0) is 61.3 Å². The van der Waals surface area contributed by atoms with Crippen LogP contribution in [0, 0.1) is 21.8 Å². The molecule has 0 spiro atoms. The van der Waals surface area contributed by atoms with Crippen molar-refractivity contribution in [2.75, 3.05) is 13.1 Å². The second kappa shape index (κ2) is 7.50. The first-order chi connectivity index (χ1) is 13.8. The number of piperidine rings is 1. The van der Waals surface area contributed by atoms with Crippen LogP contribution >= 0.6 is 0 Å². The Balaban J connectivity index is 1.80. The molecule has 0 radical (unpaired) electrons. The zero-order valence-corrected chi connectivity index (χ0v) is 16.3. The van der Waals surface area contributed by atoms with E-state index in [9.17, 15) is 24.4 Å². The fourth-order valence-corrected chi connectivity index (χ4v) is 4.26. The number of likely N-dealkylation sites (tertiary alicyclic amines) is 1. The molecular weight excluding hydrogens is 377 g/mol. The maximum Gasteiger partial charge on any atom is 0.407 e. The lowest BCUT2D eigenvalue weighted by atomic mass is 9.88. The lowest BCUT2D eigenvalue weighted by molar-refractivity contribution is -0.422. The summed E-state index contributed by atoms with van der Waals surface area (Å²) in [5.41, 5.74) is 2.57. The fraction of sp³-hybridized carbons (Fsp3) is 0.476. The van der Waals surface area contributed by atoms with E-state index < -0.39 is 11.0 Å². The molecule has 0 unspecified atom stereocenters. The van der Waals surface area contributed by atoms with E-state index in [1.807, 2.05) is 6.07 Å². The first-order valence-electron chi connectivity index (χ1n) is 9.96. The summed E-state index contributed by atoms with van der Waals surface area (Å²) < 4.78 is 16.5. The van der Waals surface area contributed by atoms with Gasteiger partial charge in [-0.25, -0.2) is 9.18 Å². The smallest absolute Gasteiger partial charge is 0.407 e. The standard InChI is InChI=1S/C21H24FN3O4/c1-13(25(28)29)8-18-10-16-9-17(22)11-19(20(16)24(18)12-14-2-3-14)15-4-6-23(7-5-15)21(26)27/h8-11,14-15H,2-7,12H2,1H3,(H,26,27). The van der Waals surface area contributed by atoms with Crippen molar-refractivity contribution in [1.82, 2.24) is 9.47 Å².